The first kappa shape index (κ1) is 21.1. The maximum Gasteiger partial charge on any atom is 0.332 e. The van der Waals surface area contributed by atoms with Gasteiger partial charge in [0, 0.05) is 19.8 Å². The minimum absolute atomic E-state index is 0.196. The number of ether oxygens (including phenoxy) is 1. The van der Waals surface area contributed by atoms with Crippen molar-refractivity contribution in [3.8, 4) is 5.75 Å². The summed E-state index contributed by atoms with van der Waals surface area (Å²) in [7, 11) is 2.93. The van der Waals surface area contributed by atoms with Gasteiger partial charge in [-0.3, -0.25) is 18.7 Å². The van der Waals surface area contributed by atoms with E-state index in [2.05, 4.69) is 10.3 Å². The van der Waals surface area contributed by atoms with E-state index in [-0.39, 0.29) is 17.1 Å². The average molecular weight is 433 g/mol. The number of benzene rings is 2. The number of hydrogen-bond donors (Lipinski definition) is 1. The normalized spacial score (nSPS) is 12.0. The summed E-state index contributed by atoms with van der Waals surface area (Å²) >= 11 is 0. The molecule has 9 nitrogen and oxygen atoms in total. The van der Waals surface area contributed by atoms with Gasteiger partial charge in [0.05, 0.1) is 6.33 Å². The first-order valence-corrected chi connectivity index (χ1v) is 10.1. The molecule has 0 bridgehead atoms. The van der Waals surface area contributed by atoms with Crippen molar-refractivity contribution in [2.24, 2.45) is 14.1 Å². The third-order valence-electron chi connectivity index (χ3n) is 5.34. The maximum atomic E-state index is 12.8. The number of rotatable bonds is 6. The molecule has 4 rings (SSSR count). The number of aromatic nitrogens is 4. The number of amides is 1. The number of aryl methyl sites for hydroxylation is 1. The van der Waals surface area contributed by atoms with Gasteiger partial charge in [0.15, 0.2) is 11.2 Å². The minimum Gasteiger partial charge on any atom is -0.489 e. The van der Waals surface area contributed by atoms with Gasteiger partial charge in [-0.2, -0.15) is 0 Å². The molecule has 4 aromatic rings. The van der Waals surface area contributed by atoms with Crippen LogP contribution in [0.2, 0.25) is 0 Å². The summed E-state index contributed by atoms with van der Waals surface area (Å²) in [5.74, 6) is 0.364. The summed E-state index contributed by atoms with van der Waals surface area (Å²) < 4.78 is 9.52. The second kappa shape index (κ2) is 8.54. The van der Waals surface area contributed by atoms with Gasteiger partial charge >= 0.3 is 5.69 Å². The molecule has 1 N–H and O–H groups in total. The van der Waals surface area contributed by atoms with Crippen molar-refractivity contribution in [2.45, 2.75) is 19.6 Å². The monoisotopic (exact) mass is 433 g/mol. The van der Waals surface area contributed by atoms with Crippen molar-refractivity contribution >= 4 is 22.8 Å². The van der Waals surface area contributed by atoms with Gasteiger partial charge in [-0.15, -0.1) is 0 Å². The van der Waals surface area contributed by atoms with E-state index in [1.165, 1.54) is 29.6 Å². The molecular weight excluding hydrogens is 410 g/mol. The molecular formula is C23H23N5O4. The largest absolute Gasteiger partial charge is 0.489 e. The molecule has 0 aliphatic rings. The summed E-state index contributed by atoms with van der Waals surface area (Å²) in [6, 6.07) is 16.2. The Balaban J connectivity index is 1.48. The highest BCUT2D eigenvalue weighted by atomic mass is 16.5. The Morgan fingerprint density at radius 2 is 1.72 bits per heavy atom. The Morgan fingerprint density at radius 3 is 2.41 bits per heavy atom. The SMILES string of the molecule is C[C@@H](C(=O)Nc1ccc(OCc2ccccc2)cc1)n1cnc2c1c(=O)n(C)c(=O)n2C. The number of anilines is 1. The van der Waals surface area contributed by atoms with Crippen molar-refractivity contribution in [3.63, 3.8) is 0 Å². The van der Waals surface area contributed by atoms with Gasteiger partial charge in [0.25, 0.3) is 5.56 Å². The quantitative estimate of drug-likeness (QED) is 0.503. The van der Waals surface area contributed by atoms with Gasteiger partial charge in [0.1, 0.15) is 18.4 Å². The predicted molar refractivity (Wildman–Crippen MR) is 121 cm³/mol. The van der Waals surface area contributed by atoms with Crippen LogP contribution in [0.4, 0.5) is 5.69 Å². The highest BCUT2D eigenvalue weighted by molar-refractivity contribution is 5.94. The Hall–Kier alpha value is -4.14. The fourth-order valence-corrected chi connectivity index (χ4v) is 3.41. The molecule has 0 radical (unpaired) electrons. The lowest BCUT2D eigenvalue weighted by Crippen LogP contribution is -2.38. The molecule has 0 aliphatic heterocycles. The van der Waals surface area contributed by atoms with Crippen LogP contribution in [-0.2, 0) is 25.5 Å². The highest BCUT2D eigenvalue weighted by Crippen LogP contribution is 2.19. The predicted octanol–water partition coefficient (Wildman–Crippen LogP) is 2.21. The lowest BCUT2D eigenvalue weighted by molar-refractivity contribution is -0.118. The average Bonchev–Trinajstić information content (AvgIpc) is 3.26. The first-order chi connectivity index (χ1) is 15.4. The number of hydrogen-bond acceptors (Lipinski definition) is 5. The summed E-state index contributed by atoms with van der Waals surface area (Å²) in [4.78, 5) is 41.7. The zero-order valence-corrected chi connectivity index (χ0v) is 18.0. The Bertz CT molecular complexity index is 1380. The minimum atomic E-state index is -0.723. The molecule has 9 heteroatoms. The number of nitrogens with one attached hydrogen (secondary N) is 1. The van der Waals surface area contributed by atoms with Gasteiger partial charge in [-0.05, 0) is 36.8 Å². The van der Waals surface area contributed by atoms with Crippen LogP contribution in [0.3, 0.4) is 0 Å². The van der Waals surface area contributed by atoms with E-state index in [4.69, 9.17) is 4.74 Å². The number of fused-ring (bicyclic) bond motifs is 1. The second-order valence-corrected chi connectivity index (χ2v) is 7.49. The molecule has 0 unspecified atom stereocenters. The smallest absolute Gasteiger partial charge is 0.332 e. The van der Waals surface area contributed by atoms with Gasteiger partial charge in [-0.1, -0.05) is 30.3 Å². The van der Waals surface area contributed by atoms with Gasteiger partial charge in [0.2, 0.25) is 5.91 Å². The van der Waals surface area contributed by atoms with E-state index in [0.29, 0.717) is 18.0 Å². The topological polar surface area (TPSA) is 100 Å². The molecule has 0 saturated heterocycles. The molecule has 2 aromatic carbocycles. The zero-order valence-electron chi connectivity index (χ0n) is 18.0. The zero-order chi connectivity index (χ0) is 22.8. The van der Waals surface area contributed by atoms with E-state index in [1.54, 1.807) is 31.2 Å². The van der Waals surface area contributed by atoms with Crippen LogP contribution >= 0.6 is 0 Å². The Morgan fingerprint density at radius 1 is 1.03 bits per heavy atom. The molecule has 0 saturated carbocycles. The number of imidazole rings is 1. The third-order valence-corrected chi connectivity index (χ3v) is 5.34. The molecule has 0 spiro atoms. The van der Waals surface area contributed by atoms with Crippen LogP contribution in [0.5, 0.6) is 5.75 Å². The third kappa shape index (κ3) is 3.92. The second-order valence-electron chi connectivity index (χ2n) is 7.49. The van der Waals surface area contributed by atoms with Gasteiger partial charge < -0.3 is 14.6 Å². The van der Waals surface area contributed by atoms with Crippen LogP contribution < -0.4 is 21.3 Å². The van der Waals surface area contributed by atoms with Crippen LogP contribution in [0.25, 0.3) is 11.2 Å². The highest BCUT2D eigenvalue weighted by Gasteiger charge is 2.22. The number of nitrogens with zero attached hydrogens (tertiary/aromatic N) is 4. The lowest BCUT2D eigenvalue weighted by Gasteiger charge is -2.15. The van der Waals surface area contributed by atoms with Crippen LogP contribution in [0.15, 0.2) is 70.5 Å². The maximum absolute atomic E-state index is 12.8. The van der Waals surface area contributed by atoms with Crippen molar-refractivity contribution in [1.82, 2.24) is 18.7 Å². The Labute approximate surface area is 183 Å². The molecule has 0 aliphatic carbocycles. The molecule has 32 heavy (non-hydrogen) atoms. The first-order valence-electron chi connectivity index (χ1n) is 10.1. The molecule has 1 amide bonds. The fraction of sp³-hybridized carbons (Fsp3) is 0.217. The van der Waals surface area contributed by atoms with Crippen molar-refractivity contribution in [2.75, 3.05) is 5.32 Å². The summed E-state index contributed by atoms with van der Waals surface area (Å²) in [5, 5.41) is 2.84. The van der Waals surface area contributed by atoms with Crippen LogP contribution in [0.1, 0.15) is 18.5 Å². The number of carbonyl (C=O) groups is 1. The van der Waals surface area contributed by atoms with Crippen LogP contribution in [-0.4, -0.2) is 24.6 Å². The van der Waals surface area contributed by atoms with E-state index >= 15 is 0 Å². The van der Waals surface area contributed by atoms with Crippen molar-refractivity contribution < 1.29 is 9.53 Å². The van der Waals surface area contributed by atoms with Crippen LogP contribution in [0, 0.1) is 0 Å². The molecule has 0 fully saturated rings. The van der Waals surface area contributed by atoms with E-state index in [9.17, 15) is 14.4 Å². The fourth-order valence-electron chi connectivity index (χ4n) is 3.41. The number of carbonyl (C=O) groups excluding carboxylic acids is 1. The summed E-state index contributed by atoms with van der Waals surface area (Å²) in [6.07, 6.45) is 1.40. The standard InChI is InChI=1S/C23H23N5O4/c1-15(28-14-24-20-19(28)22(30)27(3)23(31)26(20)2)21(29)25-17-9-11-18(12-10-17)32-13-16-7-5-4-6-8-16/h4-12,14-15H,13H2,1-3H3,(H,25,29)/t15-/m0/s1. The Kier molecular flexibility index (Phi) is 5.63. The van der Waals surface area contributed by atoms with E-state index < -0.39 is 17.3 Å². The van der Waals surface area contributed by atoms with Gasteiger partial charge in [-0.25, -0.2) is 9.78 Å². The molecule has 1 atom stereocenters. The summed E-state index contributed by atoms with van der Waals surface area (Å²) in [5.41, 5.74) is 1.12. The molecule has 2 heterocycles. The summed E-state index contributed by atoms with van der Waals surface area (Å²) in [6.45, 7) is 2.12. The van der Waals surface area contributed by atoms with E-state index in [0.717, 1.165) is 10.1 Å². The molecule has 2 aromatic heterocycles. The lowest BCUT2D eigenvalue weighted by atomic mass is 10.2. The molecule has 164 valence electrons. The van der Waals surface area contributed by atoms with Crippen molar-refractivity contribution in [3.05, 3.63) is 87.3 Å². The van der Waals surface area contributed by atoms with Crippen molar-refractivity contribution in [1.29, 1.82) is 0 Å². The van der Waals surface area contributed by atoms with E-state index in [1.807, 2.05) is 30.3 Å².